The lowest BCUT2D eigenvalue weighted by Gasteiger charge is -2.13. The van der Waals surface area contributed by atoms with Gasteiger partial charge in [0.2, 0.25) is 0 Å². The molecule has 0 spiro atoms. The SMILES string of the molecule is COc1cccc(C(=O)Cl)c1OCc1ccc(Cl)cc1. The summed E-state index contributed by atoms with van der Waals surface area (Å²) in [7, 11) is 1.51. The second kappa shape index (κ2) is 6.64. The fourth-order valence-electron chi connectivity index (χ4n) is 1.72. The number of carbonyl (C=O) groups excluding carboxylic acids is 1. The van der Waals surface area contributed by atoms with E-state index in [1.54, 1.807) is 30.3 Å². The highest BCUT2D eigenvalue weighted by atomic mass is 35.5. The molecule has 0 atom stereocenters. The highest BCUT2D eigenvalue weighted by molar-refractivity contribution is 6.68. The highest BCUT2D eigenvalue weighted by Gasteiger charge is 2.15. The van der Waals surface area contributed by atoms with Crippen LogP contribution in [0, 0.1) is 0 Å². The van der Waals surface area contributed by atoms with Gasteiger partial charge in [0.1, 0.15) is 6.61 Å². The number of ether oxygens (including phenoxy) is 2. The van der Waals surface area contributed by atoms with E-state index in [1.807, 2.05) is 12.1 Å². The summed E-state index contributed by atoms with van der Waals surface area (Å²) in [6.45, 7) is 0.286. The van der Waals surface area contributed by atoms with Gasteiger partial charge in [-0.25, -0.2) is 0 Å². The topological polar surface area (TPSA) is 35.5 Å². The number of para-hydroxylation sites is 1. The molecular formula is C15H12Cl2O3. The fraction of sp³-hybridized carbons (Fsp3) is 0.133. The number of hydrogen-bond donors (Lipinski definition) is 0. The zero-order valence-electron chi connectivity index (χ0n) is 10.7. The zero-order chi connectivity index (χ0) is 14.5. The van der Waals surface area contributed by atoms with Crippen LogP contribution in [0.15, 0.2) is 42.5 Å². The lowest BCUT2D eigenvalue weighted by Crippen LogP contribution is -2.02. The third-order valence-corrected chi connectivity index (χ3v) is 3.16. The van der Waals surface area contributed by atoms with Gasteiger partial charge in [-0.1, -0.05) is 29.8 Å². The molecule has 0 amide bonds. The van der Waals surface area contributed by atoms with Gasteiger partial charge in [0.15, 0.2) is 11.5 Å². The van der Waals surface area contributed by atoms with E-state index in [1.165, 1.54) is 7.11 Å². The van der Waals surface area contributed by atoms with Crippen molar-refractivity contribution in [3.05, 3.63) is 58.6 Å². The second-order valence-electron chi connectivity index (χ2n) is 4.03. The summed E-state index contributed by atoms with van der Waals surface area (Å²) in [5, 5.41) is 0.0673. The van der Waals surface area contributed by atoms with Gasteiger partial charge < -0.3 is 9.47 Å². The molecule has 0 unspecified atom stereocenters. The Morgan fingerprint density at radius 3 is 2.45 bits per heavy atom. The monoisotopic (exact) mass is 310 g/mol. The molecule has 0 saturated carbocycles. The van der Waals surface area contributed by atoms with E-state index >= 15 is 0 Å². The van der Waals surface area contributed by atoms with Crippen molar-refractivity contribution in [3.63, 3.8) is 0 Å². The largest absolute Gasteiger partial charge is 0.493 e. The van der Waals surface area contributed by atoms with E-state index in [-0.39, 0.29) is 12.2 Å². The Morgan fingerprint density at radius 1 is 1.15 bits per heavy atom. The van der Waals surface area contributed by atoms with Gasteiger partial charge in [0, 0.05) is 5.02 Å². The van der Waals surface area contributed by atoms with E-state index in [0.717, 1.165) is 5.56 Å². The first kappa shape index (κ1) is 14.7. The first-order chi connectivity index (χ1) is 9.61. The van der Waals surface area contributed by atoms with Gasteiger partial charge in [0.25, 0.3) is 5.24 Å². The second-order valence-corrected chi connectivity index (χ2v) is 4.81. The Bertz CT molecular complexity index is 609. The van der Waals surface area contributed by atoms with Gasteiger partial charge >= 0.3 is 0 Å². The van der Waals surface area contributed by atoms with Crippen LogP contribution in [0.4, 0.5) is 0 Å². The van der Waals surface area contributed by atoms with Crippen molar-refractivity contribution in [2.45, 2.75) is 6.61 Å². The van der Waals surface area contributed by atoms with Crippen LogP contribution in [-0.4, -0.2) is 12.4 Å². The van der Waals surface area contributed by atoms with Crippen molar-refractivity contribution < 1.29 is 14.3 Å². The molecule has 5 heteroatoms. The summed E-state index contributed by atoms with van der Waals surface area (Å²) in [4.78, 5) is 11.4. The molecule has 20 heavy (non-hydrogen) atoms. The molecule has 104 valence electrons. The van der Waals surface area contributed by atoms with E-state index in [0.29, 0.717) is 16.5 Å². The average Bonchev–Trinajstić information content (AvgIpc) is 2.46. The quantitative estimate of drug-likeness (QED) is 0.772. The first-order valence-electron chi connectivity index (χ1n) is 5.86. The van der Waals surface area contributed by atoms with Gasteiger partial charge in [0.05, 0.1) is 12.7 Å². The van der Waals surface area contributed by atoms with Gasteiger partial charge in [-0.15, -0.1) is 0 Å². The molecule has 0 bridgehead atoms. The minimum absolute atomic E-state index is 0.278. The first-order valence-corrected chi connectivity index (χ1v) is 6.61. The molecule has 2 rings (SSSR count). The summed E-state index contributed by atoms with van der Waals surface area (Å²) in [6, 6.07) is 12.2. The molecule has 0 aromatic heterocycles. The number of hydrogen-bond acceptors (Lipinski definition) is 3. The normalized spacial score (nSPS) is 10.2. The van der Waals surface area contributed by atoms with Crippen molar-refractivity contribution in [2.75, 3.05) is 7.11 Å². The van der Waals surface area contributed by atoms with Gasteiger partial charge in [-0.05, 0) is 41.4 Å². The van der Waals surface area contributed by atoms with Crippen molar-refractivity contribution in [1.29, 1.82) is 0 Å². The average molecular weight is 311 g/mol. The van der Waals surface area contributed by atoms with Gasteiger partial charge in [-0.3, -0.25) is 4.79 Å². The number of methoxy groups -OCH3 is 1. The molecule has 3 nitrogen and oxygen atoms in total. The van der Waals surface area contributed by atoms with Crippen molar-refractivity contribution in [1.82, 2.24) is 0 Å². The fourth-order valence-corrected chi connectivity index (χ4v) is 1.99. The Balaban J connectivity index is 2.23. The van der Waals surface area contributed by atoms with Crippen LogP contribution >= 0.6 is 23.2 Å². The van der Waals surface area contributed by atoms with Crippen LogP contribution in [-0.2, 0) is 6.61 Å². The van der Waals surface area contributed by atoms with Crippen LogP contribution in [0.1, 0.15) is 15.9 Å². The lowest BCUT2D eigenvalue weighted by atomic mass is 10.2. The summed E-state index contributed by atoms with van der Waals surface area (Å²) in [5.41, 5.74) is 1.20. The number of halogens is 2. The predicted molar refractivity (Wildman–Crippen MR) is 79.0 cm³/mol. The number of carbonyl (C=O) groups is 1. The van der Waals surface area contributed by atoms with Crippen LogP contribution in [0.3, 0.4) is 0 Å². The van der Waals surface area contributed by atoms with Gasteiger partial charge in [-0.2, -0.15) is 0 Å². The summed E-state index contributed by atoms with van der Waals surface area (Å²) < 4.78 is 10.9. The Hall–Kier alpha value is -1.71. The van der Waals surface area contributed by atoms with E-state index in [4.69, 9.17) is 32.7 Å². The molecule has 0 heterocycles. The van der Waals surface area contributed by atoms with Crippen molar-refractivity contribution >= 4 is 28.4 Å². The maximum Gasteiger partial charge on any atom is 0.256 e. The molecule has 0 radical (unpaired) electrons. The lowest BCUT2D eigenvalue weighted by molar-refractivity contribution is 0.107. The summed E-state index contributed by atoms with van der Waals surface area (Å²) in [5.74, 6) is 0.801. The molecule has 0 aliphatic rings. The van der Waals surface area contributed by atoms with Crippen LogP contribution in [0.2, 0.25) is 5.02 Å². The van der Waals surface area contributed by atoms with Crippen molar-refractivity contribution in [3.8, 4) is 11.5 Å². The molecule has 2 aromatic carbocycles. The predicted octanol–water partition coefficient (Wildman–Crippen LogP) is 4.31. The minimum Gasteiger partial charge on any atom is -0.493 e. The third-order valence-electron chi connectivity index (χ3n) is 2.71. The molecule has 0 N–H and O–H groups in total. The minimum atomic E-state index is -0.588. The number of rotatable bonds is 5. The number of benzene rings is 2. The molecule has 0 fully saturated rings. The Morgan fingerprint density at radius 2 is 1.85 bits per heavy atom. The van der Waals surface area contributed by atoms with Crippen molar-refractivity contribution in [2.24, 2.45) is 0 Å². The maximum atomic E-state index is 11.4. The van der Waals surface area contributed by atoms with Crippen LogP contribution in [0.5, 0.6) is 11.5 Å². The summed E-state index contributed by atoms with van der Waals surface area (Å²) in [6.07, 6.45) is 0. The highest BCUT2D eigenvalue weighted by Crippen LogP contribution is 2.32. The third kappa shape index (κ3) is 3.44. The smallest absolute Gasteiger partial charge is 0.256 e. The Labute approximate surface area is 127 Å². The van der Waals surface area contributed by atoms with Crippen LogP contribution < -0.4 is 9.47 Å². The van der Waals surface area contributed by atoms with E-state index < -0.39 is 5.24 Å². The molecule has 0 saturated heterocycles. The Kier molecular flexibility index (Phi) is 4.88. The van der Waals surface area contributed by atoms with E-state index in [2.05, 4.69) is 0 Å². The molecule has 0 aliphatic carbocycles. The molecule has 2 aromatic rings. The summed E-state index contributed by atoms with van der Waals surface area (Å²) >= 11 is 11.4. The zero-order valence-corrected chi connectivity index (χ0v) is 12.2. The maximum absolute atomic E-state index is 11.4. The molecular weight excluding hydrogens is 299 g/mol. The standard InChI is InChI=1S/C15H12Cl2O3/c1-19-13-4-2-3-12(15(17)18)14(13)20-9-10-5-7-11(16)8-6-10/h2-8H,9H2,1H3. The molecule has 0 aliphatic heterocycles. The van der Waals surface area contributed by atoms with E-state index in [9.17, 15) is 4.79 Å². The van der Waals surface area contributed by atoms with Crippen LogP contribution in [0.25, 0.3) is 0 Å².